The van der Waals surface area contributed by atoms with Crippen LogP contribution in [0.2, 0.25) is 0 Å². The number of nitrogens with one attached hydrogen (secondary N) is 2. The molecule has 2 atom stereocenters. The lowest BCUT2D eigenvalue weighted by Gasteiger charge is -2.46. The number of halogens is 1. The molecule has 4 fully saturated rings. The van der Waals surface area contributed by atoms with Crippen LogP contribution in [0.1, 0.15) is 100.0 Å². The molecule has 58 heavy (non-hydrogen) atoms. The minimum atomic E-state index is -3.70. The number of carbonyl (C=O) groups is 2. The lowest BCUT2D eigenvalue weighted by molar-refractivity contribution is -0.134. The zero-order chi connectivity index (χ0) is 40.4. The summed E-state index contributed by atoms with van der Waals surface area (Å²) < 4.78 is 43.6. The van der Waals surface area contributed by atoms with Crippen molar-refractivity contribution in [2.24, 2.45) is 11.3 Å². The van der Waals surface area contributed by atoms with Gasteiger partial charge in [-0.1, -0.05) is 19.1 Å². The number of rotatable bonds is 12. The van der Waals surface area contributed by atoms with E-state index in [4.69, 9.17) is 15.7 Å². The molecule has 4 N–H and O–H groups in total. The van der Waals surface area contributed by atoms with E-state index in [9.17, 15) is 18.0 Å². The number of imide groups is 1. The molecule has 4 aliphatic rings. The molecule has 3 aliphatic heterocycles. The summed E-state index contributed by atoms with van der Waals surface area (Å²) in [6.45, 7) is 7.07. The first kappa shape index (κ1) is 40.2. The molecule has 308 valence electrons. The summed E-state index contributed by atoms with van der Waals surface area (Å²) in [6.07, 6.45) is 13.7. The Morgan fingerprint density at radius 1 is 1.00 bits per heavy atom. The normalized spacial score (nSPS) is 21.7. The lowest BCUT2D eigenvalue weighted by atomic mass is 9.65. The van der Waals surface area contributed by atoms with Crippen LogP contribution < -0.4 is 20.7 Å². The molecule has 1 spiro atoms. The number of anilines is 3. The first-order valence-electron chi connectivity index (χ1n) is 20.6. The second-order valence-corrected chi connectivity index (χ2v) is 19.4. The van der Waals surface area contributed by atoms with Crippen LogP contribution in [0.3, 0.4) is 0 Å². The molecule has 2 amide bonds. The Morgan fingerprint density at radius 3 is 2.53 bits per heavy atom. The second-order valence-electron chi connectivity index (χ2n) is 16.6. The van der Waals surface area contributed by atoms with Gasteiger partial charge in [-0.2, -0.15) is 0 Å². The van der Waals surface area contributed by atoms with Gasteiger partial charge in [-0.15, -0.1) is 11.3 Å². The van der Waals surface area contributed by atoms with Gasteiger partial charge in [0.15, 0.2) is 5.82 Å². The van der Waals surface area contributed by atoms with E-state index in [2.05, 4.69) is 29.8 Å². The van der Waals surface area contributed by atoms with E-state index in [-0.39, 0.29) is 46.6 Å². The van der Waals surface area contributed by atoms with Gasteiger partial charge in [-0.25, -0.2) is 32.7 Å². The van der Waals surface area contributed by atoms with E-state index < -0.39 is 15.8 Å². The van der Waals surface area contributed by atoms with E-state index >= 15 is 4.39 Å². The first-order valence-corrected chi connectivity index (χ1v) is 23.1. The average Bonchev–Trinajstić information content (AvgIpc) is 3.87. The minimum Gasteiger partial charge on any atom is -0.368 e. The van der Waals surface area contributed by atoms with Crippen molar-refractivity contribution in [2.45, 2.75) is 89.4 Å². The third kappa shape index (κ3) is 8.88. The maximum Gasteiger partial charge on any atom is 0.234 e. The number of aromatic nitrogens is 4. The van der Waals surface area contributed by atoms with Gasteiger partial charge < -0.3 is 15.5 Å². The van der Waals surface area contributed by atoms with Crippen LogP contribution in [0.4, 0.5) is 21.8 Å². The number of nitrogen functional groups attached to an aromatic ring is 1. The number of benzene rings is 1. The standard InChI is InChI=1S/C42H52FN9O4S2/c1-2-24-58(55,56)50-32-5-3-4-31(36(32)43)37-38(33-12-19-45-41(44)47-33)57-40(49-37)28-10-15-42(16-11-28)17-22-51(23-18-42)20-13-27-14-21-52(26-27)34-8-6-29(25-46-34)30-7-9-35(53)48-39(30)54/h3-6,8,12,19,25,27-28,30,50H,2,7,9-11,13-18,20-24,26H2,1H3,(H2,44,45,47)(H,48,53,54)/t27-,30?/m0/s1. The van der Waals surface area contributed by atoms with Crippen LogP contribution in [0.5, 0.6) is 0 Å². The van der Waals surface area contributed by atoms with Gasteiger partial charge in [0, 0.05) is 43.4 Å². The van der Waals surface area contributed by atoms with Crippen molar-refractivity contribution in [1.29, 1.82) is 0 Å². The van der Waals surface area contributed by atoms with Crippen LogP contribution in [0, 0.1) is 17.2 Å². The number of amides is 2. The quantitative estimate of drug-likeness (QED) is 0.129. The summed E-state index contributed by atoms with van der Waals surface area (Å²) >= 11 is 1.52. The second kappa shape index (κ2) is 17.0. The van der Waals surface area contributed by atoms with Crippen molar-refractivity contribution in [1.82, 2.24) is 30.2 Å². The van der Waals surface area contributed by atoms with Gasteiger partial charge in [0.2, 0.25) is 27.8 Å². The number of hydrogen-bond donors (Lipinski definition) is 3. The number of likely N-dealkylation sites (tertiary alicyclic amines) is 1. The van der Waals surface area contributed by atoms with E-state index in [1.54, 1.807) is 37.5 Å². The highest BCUT2D eigenvalue weighted by Crippen LogP contribution is 2.51. The Bertz CT molecular complexity index is 2230. The predicted molar refractivity (Wildman–Crippen MR) is 224 cm³/mol. The third-order valence-electron chi connectivity index (χ3n) is 12.7. The Kier molecular flexibility index (Phi) is 11.8. The zero-order valence-electron chi connectivity index (χ0n) is 33.0. The Labute approximate surface area is 343 Å². The number of nitrogens with zero attached hydrogens (tertiary/aromatic N) is 6. The van der Waals surface area contributed by atoms with Gasteiger partial charge in [0.25, 0.3) is 0 Å². The Morgan fingerprint density at radius 2 is 1.81 bits per heavy atom. The number of thiazole rings is 1. The summed E-state index contributed by atoms with van der Waals surface area (Å²) in [6, 6.07) is 10.5. The lowest BCUT2D eigenvalue weighted by Crippen LogP contribution is -2.42. The van der Waals surface area contributed by atoms with Gasteiger partial charge in [-0.3, -0.25) is 19.6 Å². The molecule has 3 saturated heterocycles. The Hall–Kier alpha value is -4.54. The fourth-order valence-electron chi connectivity index (χ4n) is 9.32. The van der Waals surface area contributed by atoms with Crippen molar-refractivity contribution in [3.05, 3.63) is 65.2 Å². The van der Waals surface area contributed by atoms with E-state index in [0.717, 1.165) is 81.2 Å². The SMILES string of the molecule is CCCS(=O)(=O)Nc1cccc(-c2nc(C3CCC4(CC3)CCN(CC[C@H]3CCN(c5ccc(C6CCC(=O)NC6=O)cn5)C3)CC4)sc2-c2ccnc(N)n2)c1F. The molecule has 1 aromatic carbocycles. The summed E-state index contributed by atoms with van der Waals surface area (Å²) in [4.78, 5) is 47.8. The summed E-state index contributed by atoms with van der Waals surface area (Å²) in [5.74, 6) is 0.408. The fourth-order valence-corrected chi connectivity index (χ4v) is 11.7. The molecular weight excluding hydrogens is 778 g/mol. The van der Waals surface area contributed by atoms with Crippen LogP contribution in [-0.4, -0.2) is 83.5 Å². The van der Waals surface area contributed by atoms with E-state index in [0.29, 0.717) is 46.9 Å². The van der Waals surface area contributed by atoms with Crippen molar-refractivity contribution in [2.75, 3.05) is 53.8 Å². The highest BCUT2D eigenvalue weighted by Gasteiger charge is 2.40. The minimum absolute atomic E-state index is 0.0993. The van der Waals surface area contributed by atoms with Gasteiger partial charge >= 0.3 is 0 Å². The van der Waals surface area contributed by atoms with Crippen LogP contribution in [0.25, 0.3) is 21.8 Å². The number of sulfonamides is 1. The predicted octanol–water partition coefficient (Wildman–Crippen LogP) is 6.71. The van der Waals surface area contributed by atoms with Crippen LogP contribution in [0.15, 0.2) is 48.8 Å². The van der Waals surface area contributed by atoms with E-state index in [1.165, 1.54) is 36.7 Å². The number of piperidine rings is 2. The third-order valence-corrected chi connectivity index (χ3v) is 15.4. The molecule has 0 radical (unpaired) electrons. The van der Waals surface area contributed by atoms with Crippen molar-refractivity contribution in [3.63, 3.8) is 0 Å². The van der Waals surface area contributed by atoms with Crippen molar-refractivity contribution in [3.8, 4) is 21.8 Å². The maximum absolute atomic E-state index is 16.1. The molecule has 1 aliphatic carbocycles. The topological polar surface area (TPSA) is 176 Å². The summed E-state index contributed by atoms with van der Waals surface area (Å²) in [7, 11) is -3.70. The number of carbonyl (C=O) groups excluding carboxylic acids is 2. The molecule has 1 unspecified atom stereocenters. The number of hydrogen-bond acceptors (Lipinski definition) is 12. The van der Waals surface area contributed by atoms with Gasteiger partial charge in [0.1, 0.15) is 5.82 Å². The average molecular weight is 830 g/mol. The first-order chi connectivity index (χ1) is 28.0. The van der Waals surface area contributed by atoms with Crippen LogP contribution >= 0.6 is 11.3 Å². The smallest absolute Gasteiger partial charge is 0.234 e. The molecular formula is C42H52FN9O4S2. The molecule has 0 bridgehead atoms. The summed E-state index contributed by atoms with van der Waals surface area (Å²) in [5, 5.41) is 3.38. The molecule has 6 heterocycles. The highest BCUT2D eigenvalue weighted by molar-refractivity contribution is 7.92. The molecule has 4 aromatic rings. The van der Waals surface area contributed by atoms with Crippen molar-refractivity contribution >= 4 is 50.6 Å². The number of nitrogens with two attached hydrogens (primary N) is 1. The van der Waals surface area contributed by atoms with E-state index in [1.807, 2.05) is 12.1 Å². The highest BCUT2D eigenvalue weighted by atomic mass is 32.2. The Balaban J connectivity index is 0.857. The monoisotopic (exact) mass is 829 g/mol. The molecule has 13 nitrogen and oxygen atoms in total. The fraction of sp³-hybridized carbons (Fsp3) is 0.524. The van der Waals surface area contributed by atoms with Gasteiger partial charge in [0.05, 0.1) is 38.6 Å². The summed E-state index contributed by atoms with van der Waals surface area (Å²) in [5.41, 5.74) is 8.28. The zero-order valence-corrected chi connectivity index (χ0v) is 34.6. The number of pyridine rings is 1. The maximum atomic E-state index is 16.1. The molecule has 16 heteroatoms. The van der Waals surface area contributed by atoms with Crippen molar-refractivity contribution < 1.29 is 22.4 Å². The molecule has 3 aromatic heterocycles. The molecule has 1 saturated carbocycles. The van der Waals surface area contributed by atoms with Gasteiger partial charge in [-0.05, 0) is 125 Å². The van der Waals surface area contributed by atoms with Crippen LogP contribution in [-0.2, 0) is 19.6 Å². The molecule has 8 rings (SSSR count). The largest absolute Gasteiger partial charge is 0.368 e.